The van der Waals surface area contributed by atoms with E-state index in [0.717, 1.165) is 0 Å². The predicted molar refractivity (Wildman–Crippen MR) is 57.5 cm³/mol. The van der Waals surface area contributed by atoms with Crippen molar-refractivity contribution in [2.75, 3.05) is 6.61 Å². The average Bonchev–Trinajstić information content (AvgIpc) is 2.85. The molecule has 16 heavy (non-hydrogen) atoms. The van der Waals surface area contributed by atoms with Crippen LogP contribution in [0, 0.1) is 0 Å². The first-order valence-corrected chi connectivity index (χ1v) is 5.64. The third-order valence-electron chi connectivity index (χ3n) is 2.86. The van der Waals surface area contributed by atoms with Crippen LogP contribution in [-0.4, -0.2) is 27.5 Å². The van der Waals surface area contributed by atoms with Gasteiger partial charge in [-0.05, 0) is 12.8 Å². The Bertz CT molecular complexity index is 356. The second-order valence-corrected chi connectivity index (χ2v) is 4.09. The molecule has 2 rings (SSSR count). The van der Waals surface area contributed by atoms with Crippen LogP contribution >= 0.6 is 0 Å². The average molecular weight is 224 g/mol. The van der Waals surface area contributed by atoms with Crippen molar-refractivity contribution in [3.05, 3.63) is 12.4 Å². The van der Waals surface area contributed by atoms with E-state index < -0.39 is 5.97 Å². The van der Waals surface area contributed by atoms with Crippen molar-refractivity contribution >= 4 is 5.97 Å². The summed E-state index contributed by atoms with van der Waals surface area (Å²) in [7, 11) is 0. The summed E-state index contributed by atoms with van der Waals surface area (Å²) in [6.07, 6.45) is 8.42. The summed E-state index contributed by atoms with van der Waals surface area (Å²) in [5.74, 6) is -0.184. The maximum Gasteiger partial charge on any atom is 0.306 e. The third kappa shape index (κ3) is 2.74. The number of hydrogen-bond donors (Lipinski definition) is 1. The highest BCUT2D eigenvalue weighted by atomic mass is 16.5. The first kappa shape index (κ1) is 11.0. The Kier molecular flexibility index (Phi) is 3.44. The zero-order chi connectivity index (χ0) is 11.4. The molecule has 0 saturated heterocycles. The molecule has 1 aromatic rings. The molecule has 1 aromatic heterocycles. The van der Waals surface area contributed by atoms with Gasteiger partial charge in [-0.3, -0.25) is 9.48 Å². The lowest BCUT2D eigenvalue weighted by Gasteiger charge is -2.08. The smallest absolute Gasteiger partial charge is 0.306 e. The van der Waals surface area contributed by atoms with Gasteiger partial charge in [0.25, 0.3) is 0 Å². The van der Waals surface area contributed by atoms with Crippen molar-refractivity contribution in [3.63, 3.8) is 0 Å². The molecule has 0 amide bonds. The number of carboxylic acid groups (broad SMARTS) is 1. The van der Waals surface area contributed by atoms with Gasteiger partial charge < -0.3 is 9.84 Å². The van der Waals surface area contributed by atoms with E-state index in [1.165, 1.54) is 25.7 Å². The number of ether oxygens (including phenoxy) is 1. The molecule has 1 saturated carbocycles. The second-order valence-electron chi connectivity index (χ2n) is 4.09. The summed E-state index contributed by atoms with van der Waals surface area (Å²) in [6.45, 7) is 0.200. The first-order chi connectivity index (χ1) is 7.75. The van der Waals surface area contributed by atoms with Crippen molar-refractivity contribution in [2.24, 2.45) is 0 Å². The molecule has 0 radical (unpaired) electrons. The minimum atomic E-state index is -0.844. The number of hydrogen-bond acceptors (Lipinski definition) is 3. The van der Waals surface area contributed by atoms with Gasteiger partial charge in [0.1, 0.15) is 0 Å². The molecule has 1 heterocycles. The maximum absolute atomic E-state index is 10.3. The summed E-state index contributed by atoms with van der Waals surface area (Å²) in [6, 6.07) is 0.497. The molecule has 0 aromatic carbocycles. The summed E-state index contributed by atoms with van der Waals surface area (Å²) < 4.78 is 7.23. The molecule has 0 unspecified atom stereocenters. The highest BCUT2D eigenvalue weighted by Crippen LogP contribution is 2.29. The molecule has 5 nitrogen and oxygen atoms in total. The minimum Gasteiger partial charge on any atom is -0.490 e. The SMILES string of the molecule is O=C(O)CCOc1cnn(C2CCCC2)c1. The molecule has 0 spiro atoms. The Morgan fingerprint density at radius 1 is 1.56 bits per heavy atom. The molecule has 88 valence electrons. The lowest BCUT2D eigenvalue weighted by molar-refractivity contribution is -0.137. The van der Waals surface area contributed by atoms with Crippen molar-refractivity contribution < 1.29 is 14.6 Å². The number of rotatable bonds is 5. The molecule has 1 aliphatic carbocycles. The van der Waals surface area contributed by atoms with E-state index in [1.54, 1.807) is 6.20 Å². The van der Waals surface area contributed by atoms with Crippen LogP contribution in [0.15, 0.2) is 12.4 Å². The van der Waals surface area contributed by atoms with Gasteiger partial charge in [-0.15, -0.1) is 0 Å². The van der Waals surface area contributed by atoms with Crippen LogP contribution < -0.4 is 4.74 Å². The maximum atomic E-state index is 10.3. The van der Waals surface area contributed by atoms with Crippen molar-refractivity contribution in [2.45, 2.75) is 38.1 Å². The normalized spacial score (nSPS) is 16.5. The van der Waals surface area contributed by atoms with E-state index in [4.69, 9.17) is 9.84 Å². The van der Waals surface area contributed by atoms with Gasteiger partial charge >= 0.3 is 5.97 Å². The summed E-state index contributed by atoms with van der Waals surface area (Å²) in [5.41, 5.74) is 0. The van der Waals surface area contributed by atoms with E-state index in [-0.39, 0.29) is 13.0 Å². The van der Waals surface area contributed by atoms with Crippen LogP contribution in [0.4, 0.5) is 0 Å². The van der Waals surface area contributed by atoms with Crippen LogP contribution in [0.25, 0.3) is 0 Å². The lowest BCUT2D eigenvalue weighted by Crippen LogP contribution is -2.05. The number of carboxylic acids is 1. The molecule has 5 heteroatoms. The van der Waals surface area contributed by atoms with Crippen LogP contribution in [0.1, 0.15) is 38.1 Å². The molecule has 1 aliphatic rings. The third-order valence-corrected chi connectivity index (χ3v) is 2.86. The van der Waals surface area contributed by atoms with E-state index >= 15 is 0 Å². The van der Waals surface area contributed by atoms with Crippen molar-refractivity contribution in [3.8, 4) is 5.75 Å². The number of nitrogens with zero attached hydrogens (tertiary/aromatic N) is 2. The molecule has 0 atom stereocenters. The zero-order valence-corrected chi connectivity index (χ0v) is 9.13. The molecular formula is C11H16N2O3. The van der Waals surface area contributed by atoms with E-state index in [0.29, 0.717) is 11.8 Å². The standard InChI is InChI=1S/C11H16N2O3/c14-11(15)5-6-16-10-7-12-13(8-10)9-3-1-2-4-9/h7-9H,1-6H2,(H,14,15). The van der Waals surface area contributed by atoms with Crippen LogP contribution in [0.3, 0.4) is 0 Å². The van der Waals surface area contributed by atoms with Gasteiger partial charge in [-0.2, -0.15) is 5.10 Å². The highest BCUT2D eigenvalue weighted by molar-refractivity contribution is 5.66. The fraction of sp³-hybridized carbons (Fsp3) is 0.636. The quantitative estimate of drug-likeness (QED) is 0.829. The highest BCUT2D eigenvalue weighted by Gasteiger charge is 2.17. The molecule has 0 bridgehead atoms. The Morgan fingerprint density at radius 3 is 3.00 bits per heavy atom. The molecule has 1 fully saturated rings. The topological polar surface area (TPSA) is 64.3 Å². The fourth-order valence-corrected chi connectivity index (χ4v) is 2.02. The number of aliphatic carboxylic acids is 1. The van der Waals surface area contributed by atoms with Gasteiger partial charge in [0.05, 0.1) is 31.5 Å². The summed E-state index contributed by atoms with van der Waals surface area (Å²) >= 11 is 0. The predicted octanol–water partition coefficient (Wildman–Crippen LogP) is 1.85. The van der Waals surface area contributed by atoms with Gasteiger partial charge in [0, 0.05) is 0 Å². The van der Waals surface area contributed by atoms with Crippen LogP contribution in [-0.2, 0) is 4.79 Å². The summed E-state index contributed by atoms with van der Waals surface area (Å²) in [4.78, 5) is 10.3. The zero-order valence-electron chi connectivity index (χ0n) is 9.13. The Hall–Kier alpha value is -1.52. The lowest BCUT2D eigenvalue weighted by atomic mass is 10.3. The van der Waals surface area contributed by atoms with Crippen LogP contribution in [0.5, 0.6) is 5.75 Å². The Balaban J connectivity index is 1.84. The monoisotopic (exact) mass is 224 g/mol. The van der Waals surface area contributed by atoms with E-state index in [9.17, 15) is 4.79 Å². The minimum absolute atomic E-state index is 0.0224. The largest absolute Gasteiger partial charge is 0.490 e. The molecular weight excluding hydrogens is 208 g/mol. The number of carbonyl (C=O) groups is 1. The Morgan fingerprint density at radius 2 is 2.31 bits per heavy atom. The number of aromatic nitrogens is 2. The van der Waals surface area contributed by atoms with Gasteiger partial charge in [-0.1, -0.05) is 12.8 Å². The van der Waals surface area contributed by atoms with Gasteiger partial charge in [0.2, 0.25) is 0 Å². The Labute approximate surface area is 94.0 Å². The van der Waals surface area contributed by atoms with E-state index in [1.807, 2.05) is 10.9 Å². The van der Waals surface area contributed by atoms with Gasteiger partial charge in [-0.25, -0.2) is 0 Å². The van der Waals surface area contributed by atoms with Crippen LogP contribution in [0.2, 0.25) is 0 Å². The van der Waals surface area contributed by atoms with E-state index in [2.05, 4.69) is 5.10 Å². The van der Waals surface area contributed by atoms with Crippen molar-refractivity contribution in [1.82, 2.24) is 9.78 Å². The summed E-state index contributed by atoms with van der Waals surface area (Å²) in [5, 5.41) is 12.7. The molecule has 0 aliphatic heterocycles. The van der Waals surface area contributed by atoms with Crippen molar-refractivity contribution in [1.29, 1.82) is 0 Å². The second kappa shape index (κ2) is 5.01. The fourth-order valence-electron chi connectivity index (χ4n) is 2.02. The first-order valence-electron chi connectivity index (χ1n) is 5.64. The van der Waals surface area contributed by atoms with Gasteiger partial charge in [0.15, 0.2) is 5.75 Å². The molecule has 1 N–H and O–H groups in total.